The Morgan fingerprint density at radius 2 is 1.95 bits per heavy atom. The highest BCUT2D eigenvalue weighted by atomic mass is 32.2. The van der Waals surface area contributed by atoms with Crippen LogP contribution in [-0.4, -0.2) is 26.1 Å². The number of anilines is 1. The van der Waals surface area contributed by atoms with E-state index in [0.717, 1.165) is 18.2 Å². The van der Waals surface area contributed by atoms with Crippen LogP contribution >= 0.6 is 12.2 Å². The van der Waals surface area contributed by atoms with Gasteiger partial charge >= 0.3 is 6.18 Å². The van der Waals surface area contributed by atoms with Gasteiger partial charge in [-0.25, -0.2) is 4.39 Å². The van der Waals surface area contributed by atoms with Crippen molar-refractivity contribution in [3.63, 3.8) is 0 Å². The van der Waals surface area contributed by atoms with E-state index in [4.69, 9.17) is 5.73 Å². The average molecular weight is 331 g/mol. The Morgan fingerprint density at radius 3 is 2.45 bits per heavy atom. The van der Waals surface area contributed by atoms with Gasteiger partial charge in [-0.3, -0.25) is 4.72 Å². The van der Waals surface area contributed by atoms with Crippen molar-refractivity contribution in [1.29, 1.82) is 0 Å². The summed E-state index contributed by atoms with van der Waals surface area (Å²) in [5.41, 5.74) is 4.91. The fraction of sp³-hybridized carbons (Fsp3) is 0.222. The Bertz CT molecular complexity index is 616. The second-order valence-corrected chi connectivity index (χ2v) is 5.54. The van der Waals surface area contributed by atoms with Crippen LogP contribution in [0.2, 0.25) is 0 Å². The van der Waals surface area contributed by atoms with Crippen molar-refractivity contribution in [2.75, 3.05) is 11.3 Å². The fourth-order valence-electron chi connectivity index (χ4n) is 1.17. The minimum atomic E-state index is -4.70. The lowest BCUT2D eigenvalue weighted by Gasteiger charge is -2.13. The van der Waals surface area contributed by atoms with Gasteiger partial charge < -0.3 is 5.73 Å². The molecule has 0 aliphatic heterocycles. The lowest BCUT2D eigenvalue weighted by Crippen LogP contribution is -2.37. The number of benzene rings is 1. The molecule has 20 heavy (non-hydrogen) atoms. The van der Waals surface area contributed by atoms with E-state index in [1.54, 1.807) is 4.72 Å². The molecule has 0 aromatic heterocycles. The van der Waals surface area contributed by atoms with Crippen LogP contribution in [-0.2, 0) is 10.2 Å². The molecule has 1 aromatic carbocycles. The standard InChI is InChI=1S/C9H9F4N3O2S2/c10-5-1-2-7(6(3-5)8(14)19)16-20(17,18)15-4-9(11,12)13/h1-3,15-16H,4H2,(H2,14,19). The van der Waals surface area contributed by atoms with Gasteiger partial charge in [-0.05, 0) is 18.2 Å². The SMILES string of the molecule is NC(=S)c1cc(F)ccc1NS(=O)(=O)NCC(F)(F)F. The predicted molar refractivity (Wildman–Crippen MR) is 68.9 cm³/mol. The summed E-state index contributed by atoms with van der Waals surface area (Å²) in [6.45, 7) is -1.74. The van der Waals surface area contributed by atoms with E-state index in [9.17, 15) is 26.0 Å². The Morgan fingerprint density at radius 1 is 1.35 bits per heavy atom. The largest absolute Gasteiger partial charge is 0.402 e. The third-order valence-corrected chi connectivity index (χ3v) is 3.19. The molecule has 0 bridgehead atoms. The summed E-state index contributed by atoms with van der Waals surface area (Å²) in [6.07, 6.45) is -4.70. The molecule has 11 heteroatoms. The molecule has 5 nitrogen and oxygen atoms in total. The Labute approximate surface area is 117 Å². The summed E-state index contributed by atoms with van der Waals surface area (Å²) in [5.74, 6) is -0.723. The molecule has 0 aliphatic carbocycles. The van der Waals surface area contributed by atoms with Gasteiger partial charge in [0.1, 0.15) is 17.4 Å². The summed E-state index contributed by atoms with van der Waals surface area (Å²) in [6, 6.07) is 2.77. The molecule has 1 rings (SSSR count). The van der Waals surface area contributed by atoms with Crippen molar-refractivity contribution >= 4 is 33.1 Å². The number of hydrogen-bond acceptors (Lipinski definition) is 3. The van der Waals surface area contributed by atoms with E-state index >= 15 is 0 Å². The summed E-state index contributed by atoms with van der Waals surface area (Å²) < 4.78 is 74.7. The van der Waals surface area contributed by atoms with E-state index in [1.165, 1.54) is 4.72 Å². The van der Waals surface area contributed by atoms with Crippen molar-refractivity contribution in [1.82, 2.24) is 4.72 Å². The number of nitrogens with one attached hydrogen (secondary N) is 2. The normalized spacial score (nSPS) is 12.2. The molecular weight excluding hydrogens is 322 g/mol. The highest BCUT2D eigenvalue weighted by molar-refractivity contribution is 7.90. The lowest BCUT2D eigenvalue weighted by atomic mass is 10.2. The number of rotatable bonds is 5. The van der Waals surface area contributed by atoms with Crippen molar-refractivity contribution in [3.8, 4) is 0 Å². The molecule has 0 amide bonds. The number of halogens is 4. The third-order valence-electron chi connectivity index (χ3n) is 1.95. The summed E-state index contributed by atoms with van der Waals surface area (Å²) in [7, 11) is -4.49. The van der Waals surface area contributed by atoms with E-state index in [-0.39, 0.29) is 16.2 Å². The molecule has 1 aromatic rings. The van der Waals surface area contributed by atoms with Crippen molar-refractivity contribution < 1.29 is 26.0 Å². The van der Waals surface area contributed by atoms with Gasteiger partial charge in [0, 0.05) is 5.56 Å². The molecule has 0 fully saturated rings. The minimum absolute atomic E-state index is 0.141. The molecule has 112 valence electrons. The van der Waals surface area contributed by atoms with Gasteiger partial charge in [0.2, 0.25) is 0 Å². The molecule has 0 radical (unpaired) electrons. The van der Waals surface area contributed by atoms with Crippen LogP contribution in [0.4, 0.5) is 23.2 Å². The Balaban J connectivity index is 2.95. The van der Waals surface area contributed by atoms with Crippen molar-refractivity contribution in [2.45, 2.75) is 6.18 Å². The van der Waals surface area contributed by atoms with Gasteiger partial charge in [-0.15, -0.1) is 0 Å². The first-order valence-electron chi connectivity index (χ1n) is 4.94. The van der Waals surface area contributed by atoms with Crippen molar-refractivity contribution in [3.05, 3.63) is 29.6 Å². The van der Waals surface area contributed by atoms with Gasteiger partial charge in [0.25, 0.3) is 10.2 Å². The van der Waals surface area contributed by atoms with Gasteiger partial charge in [-0.2, -0.15) is 26.3 Å². The zero-order chi connectivity index (χ0) is 15.6. The smallest absolute Gasteiger partial charge is 0.389 e. The zero-order valence-corrected chi connectivity index (χ0v) is 11.3. The lowest BCUT2D eigenvalue weighted by molar-refractivity contribution is -0.121. The molecule has 4 N–H and O–H groups in total. The first-order chi connectivity index (χ1) is 9.00. The van der Waals surface area contributed by atoms with Crippen LogP contribution < -0.4 is 15.2 Å². The molecule has 0 heterocycles. The van der Waals surface area contributed by atoms with Gasteiger partial charge in [0.05, 0.1) is 5.69 Å². The second kappa shape index (κ2) is 5.89. The Kier molecular flexibility index (Phi) is 4.89. The van der Waals surface area contributed by atoms with E-state index in [1.807, 2.05) is 0 Å². The predicted octanol–water partition coefficient (Wildman–Crippen LogP) is 1.27. The highest BCUT2D eigenvalue weighted by Crippen LogP contribution is 2.19. The van der Waals surface area contributed by atoms with Gasteiger partial charge in [0.15, 0.2) is 0 Å². The highest BCUT2D eigenvalue weighted by Gasteiger charge is 2.29. The van der Waals surface area contributed by atoms with Crippen LogP contribution in [0.3, 0.4) is 0 Å². The van der Waals surface area contributed by atoms with E-state index in [0.29, 0.717) is 0 Å². The second-order valence-electron chi connectivity index (χ2n) is 3.60. The molecule has 0 aliphatic rings. The molecule has 0 spiro atoms. The molecule has 0 atom stereocenters. The monoisotopic (exact) mass is 331 g/mol. The van der Waals surface area contributed by atoms with Crippen molar-refractivity contribution in [2.24, 2.45) is 5.73 Å². The maximum absolute atomic E-state index is 13.0. The van der Waals surface area contributed by atoms with Gasteiger partial charge in [-0.1, -0.05) is 12.2 Å². The third kappa shape index (κ3) is 5.27. The fourth-order valence-corrected chi connectivity index (χ4v) is 2.23. The molecular formula is C9H9F4N3O2S2. The topological polar surface area (TPSA) is 84.2 Å². The van der Waals surface area contributed by atoms with Crippen LogP contribution in [0.15, 0.2) is 18.2 Å². The summed E-state index contributed by atoms with van der Waals surface area (Å²) in [4.78, 5) is -0.307. The van der Waals surface area contributed by atoms with Crippen LogP contribution in [0.1, 0.15) is 5.56 Å². The minimum Gasteiger partial charge on any atom is -0.389 e. The zero-order valence-electron chi connectivity index (χ0n) is 9.66. The number of hydrogen-bond donors (Lipinski definition) is 3. The van der Waals surface area contributed by atoms with E-state index < -0.39 is 28.7 Å². The van der Waals surface area contributed by atoms with Crippen LogP contribution in [0, 0.1) is 5.82 Å². The maximum atomic E-state index is 13.0. The van der Waals surface area contributed by atoms with Crippen LogP contribution in [0.25, 0.3) is 0 Å². The first kappa shape index (κ1) is 16.6. The molecule has 0 saturated heterocycles. The maximum Gasteiger partial charge on any atom is 0.402 e. The molecule has 0 saturated carbocycles. The quantitative estimate of drug-likeness (QED) is 0.560. The number of nitrogens with two attached hydrogens (primary N) is 1. The van der Waals surface area contributed by atoms with E-state index in [2.05, 4.69) is 12.2 Å². The summed E-state index contributed by atoms with van der Waals surface area (Å²) >= 11 is 4.60. The average Bonchev–Trinajstić information content (AvgIpc) is 2.28. The Hall–Kier alpha value is -1.46. The molecule has 0 unspecified atom stereocenters. The number of alkyl halides is 3. The number of thiocarbonyl (C=S) groups is 1. The first-order valence-corrected chi connectivity index (χ1v) is 6.83. The van der Waals surface area contributed by atoms with Crippen LogP contribution in [0.5, 0.6) is 0 Å². The summed E-state index contributed by atoms with van der Waals surface area (Å²) in [5, 5.41) is 0.